The maximum Gasteiger partial charge on any atom is 0.406 e. The average molecular weight is 459 g/mol. The van der Waals surface area contributed by atoms with Gasteiger partial charge in [0.15, 0.2) is 8.32 Å². The molecule has 27 heavy (non-hydrogen) atoms. The van der Waals surface area contributed by atoms with Gasteiger partial charge in [0.2, 0.25) is 0 Å². The number of carbonyl (C=O) groups is 1. The van der Waals surface area contributed by atoms with Gasteiger partial charge in [0, 0.05) is 24.0 Å². The Morgan fingerprint density at radius 2 is 1.56 bits per heavy atom. The number of carbonyl (C=O) groups excluding carboxylic acids is 1. The van der Waals surface area contributed by atoms with Crippen molar-refractivity contribution < 1.29 is 14.0 Å². The normalized spacial score (nSPS) is 13.3. The summed E-state index contributed by atoms with van der Waals surface area (Å²) in [6.45, 7) is 14.8. The molecule has 0 aliphatic carbocycles. The largest absolute Gasteiger partial charge is 0.449 e. The van der Waals surface area contributed by atoms with E-state index in [4.69, 9.17) is 9.16 Å². The molecule has 0 aliphatic heterocycles. The third kappa shape index (κ3) is 6.61. The van der Waals surface area contributed by atoms with Crippen molar-refractivity contribution >= 4 is 30.3 Å². The van der Waals surface area contributed by atoms with Crippen LogP contribution in [0.25, 0.3) is 0 Å². The van der Waals surface area contributed by atoms with Gasteiger partial charge in [0.05, 0.1) is 0 Å². The molecule has 0 spiro atoms. The quantitative estimate of drug-likeness (QED) is 0.409. The zero-order valence-electron chi connectivity index (χ0n) is 17.8. The van der Waals surface area contributed by atoms with Crippen LogP contribution in [0.5, 0.6) is 0 Å². The summed E-state index contributed by atoms with van der Waals surface area (Å²) in [7, 11) is -0.306. The maximum atomic E-state index is 11.5. The Kier molecular flexibility index (Phi) is 10.1. The minimum atomic E-state index is -1.88. The molecule has 154 valence electrons. The second kappa shape index (κ2) is 11.2. The number of alkyl carbamates (subject to hydrolysis) is 1. The van der Waals surface area contributed by atoms with Crippen molar-refractivity contribution in [2.45, 2.75) is 70.5 Å². The third-order valence-corrected chi connectivity index (χ3v) is 12.1. The van der Waals surface area contributed by atoms with Crippen molar-refractivity contribution in [3.8, 4) is 0 Å². The van der Waals surface area contributed by atoms with Gasteiger partial charge < -0.3 is 14.5 Å². The lowest BCUT2D eigenvalue weighted by molar-refractivity contribution is 0.135. The van der Waals surface area contributed by atoms with Crippen molar-refractivity contribution in [2.24, 2.45) is 0 Å². The Labute approximate surface area is 174 Å². The number of nitrogens with one attached hydrogen (secondary N) is 1. The van der Waals surface area contributed by atoms with Gasteiger partial charge >= 0.3 is 6.09 Å². The summed E-state index contributed by atoms with van der Waals surface area (Å²) in [5.74, 6) is 0.119. The topological polar surface area (TPSA) is 47.6 Å². The van der Waals surface area contributed by atoms with E-state index in [9.17, 15) is 4.79 Å². The molecule has 0 saturated heterocycles. The molecule has 1 amide bonds. The van der Waals surface area contributed by atoms with E-state index < -0.39 is 14.4 Å². The number of halogens is 1. The van der Waals surface area contributed by atoms with E-state index in [2.05, 4.69) is 74.9 Å². The number of hydrogen-bond acceptors (Lipinski definition) is 3. The van der Waals surface area contributed by atoms with Gasteiger partial charge in [0.1, 0.15) is 6.61 Å². The molecule has 0 saturated carbocycles. The first kappa shape index (κ1) is 24.2. The van der Waals surface area contributed by atoms with Crippen molar-refractivity contribution in [1.82, 2.24) is 5.32 Å². The predicted octanol–water partition coefficient (Wildman–Crippen LogP) is 6.47. The Morgan fingerprint density at radius 3 is 2.00 bits per heavy atom. The lowest BCUT2D eigenvalue weighted by atomic mass is 9.97. The van der Waals surface area contributed by atoms with Crippen molar-refractivity contribution in [3.05, 3.63) is 34.3 Å². The molecule has 4 nitrogen and oxygen atoms in total. The highest BCUT2D eigenvalue weighted by Crippen LogP contribution is 2.42. The Bertz CT molecular complexity index is 554. The van der Waals surface area contributed by atoms with Gasteiger partial charge in [-0.3, -0.25) is 0 Å². The fourth-order valence-corrected chi connectivity index (χ4v) is 9.94. The molecular formula is C21H36BrNO3Si. The summed E-state index contributed by atoms with van der Waals surface area (Å²) in [6.07, 6.45) is 0.438. The molecule has 0 aliphatic rings. The summed E-state index contributed by atoms with van der Waals surface area (Å²) in [5, 5.41) is 2.51. The molecule has 1 aromatic rings. The average Bonchev–Trinajstić information content (AvgIpc) is 2.60. The summed E-state index contributed by atoms with van der Waals surface area (Å²) >= 11 is 3.48. The van der Waals surface area contributed by atoms with E-state index in [1.165, 1.54) is 0 Å². The molecule has 0 aromatic heterocycles. The summed E-state index contributed by atoms with van der Waals surface area (Å²) in [4.78, 5) is 11.5. The lowest BCUT2D eigenvalue weighted by Gasteiger charge is -2.42. The molecule has 6 heteroatoms. The summed E-state index contributed by atoms with van der Waals surface area (Å²) < 4.78 is 13.1. The fraction of sp³-hybridized carbons (Fsp3) is 0.667. The van der Waals surface area contributed by atoms with Crippen molar-refractivity contribution in [2.75, 3.05) is 20.3 Å². The third-order valence-electron chi connectivity index (χ3n) is 5.49. The van der Waals surface area contributed by atoms with E-state index in [1.807, 2.05) is 12.1 Å². The number of rotatable bonds is 10. The molecule has 1 rings (SSSR count). The molecule has 0 bridgehead atoms. The molecule has 1 aromatic carbocycles. The van der Waals surface area contributed by atoms with Gasteiger partial charge in [0.25, 0.3) is 0 Å². The smallest absolute Gasteiger partial charge is 0.406 e. The monoisotopic (exact) mass is 457 g/mol. The van der Waals surface area contributed by atoms with Crippen LogP contribution in [-0.2, 0) is 9.16 Å². The van der Waals surface area contributed by atoms with Crippen LogP contribution in [0.15, 0.2) is 28.7 Å². The van der Waals surface area contributed by atoms with Crippen LogP contribution in [0.3, 0.4) is 0 Å². The van der Waals surface area contributed by atoms with Crippen molar-refractivity contribution in [1.29, 1.82) is 0 Å². The number of ether oxygens (including phenoxy) is 1. The fourth-order valence-electron chi connectivity index (χ4n) is 4.21. The molecule has 0 radical (unpaired) electrons. The molecule has 1 atom stereocenters. The second-order valence-electron chi connectivity index (χ2n) is 8.05. The van der Waals surface area contributed by atoms with Gasteiger partial charge in [-0.15, -0.1) is 0 Å². The van der Waals surface area contributed by atoms with E-state index >= 15 is 0 Å². The summed E-state index contributed by atoms with van der Waals surface area (Å²) in [5.41, 5.74) is 2.85. The van der Waals surface area contributed by atoms with E-state index in [-0.39, 0.29) is 5.92 Å². The van der Waals surface area contributed by atoms with Crippen LogP contribution < -0.4 is 5.32 Å². The highest BCUT2D eigenvalue weighted by molar-refractivity contribution is 9.10. The number of hydrogen-bond donors (Lipinski definition) is 1. The Balaban J connectivity index is 2.88. The first-order valence-corrected chi connectivity index (χ1v) is 12.8. The van der Waals surface area contributed by atoms with Crippen LogP contribution >= 0.6 is 15.9 Å². The van der Waals surface area contributed by atoms with Gasteiger partial charge in [-0.1, -0.05) is 69.6 Å². The minimum absolute atomic E-state index is 0.119. The standard InChI is InChI=1S/C21H36BrNO3Si/c1-15(2)27(16(3)4,17(5)6)26-13-12-19(14-25-21(24)23-7)18-8-10-20(22)11-9-18/h8-11,15-17,19H,12-14H2,1-7H3,(H,23,24). The molecular weight excluding hydrogens is 422 g/mol. The minimum Gasteiger partial charge on any atom is -0.449 e. The SMILES string of the molecule is CNC(=O)OCC(CCO[Si](C(C)C)(C(C)C)C(C)C)c1ccc(Br)cc1. The van der Waals surface area contributed by atoms with Crippen LogP contribution in [0.4, 0.5) is 4.79 Å². The lowest BCUT2D eigenvalue weighted by Crippen LogP contribution is -2.48. The zero-order chi connectivity index (χ0) is 20.6. The molecule has 0 heterocycles. The Hall–Kier alpha value is -0.853. The predicted molar refractivity (Wildman–Crippen MR) is 119 cm³/mol. The maximum absolute atomic E-state index is 11.5. The van der Waals surface area contributed by atoms with E-state index in [1.54, 1.807) is 7.05 Å². The van der Waals surface area contributed by atoms with Crippen molar-refractivity contribution in [3.63, 3.8) is 0 Å². The molecule has 1 N–H and O–H groups in total. The number of benzene rings is 1. The first-order valence-electron chi connectivity index (χ1n) is 9.89. The highest BCUT2D eigenvalue weighted by atomic mass is 79.9. The second-order valence-corrected chi connectivity index (χ2v) is 14.4. The van der Waals surface area contributed by atoms with Crippen LogP contribution in [0.2, 0.25) is 16.6 Å². The highest BCUT2D eigenvalue weighted by Gasteiger charge is 2.44. The Morgan fingerprint density at radius 1 is 1.04 bits per heavy atom. The van der Waals surface area contributed by atoms with Gasteiger partial charge in [-0.05, 0) is 40.7 Å². The number of amides is 1. The van der Waals surface area contributed by atoms with Crippen LogP contribution in [0, 0.1) is 0 Å². The first-order chi connectivity index (χ1) is 12.6. The zero-order valence-corrected chi connectivity index (χ0v) is 20.4. The van der Waals surface area contributed by atoms with Crippen LogP contribution in [-0.4, -0.2) is 34.7 Å². The summed E-state index contributed by atoms with van der Waals surface area (Å²) in [6, 6.07) is 8.22. The van der Waals surface area contributed by atoms with E-state index in [0.717, 1.165) is 16.5 Å². The molecule has 0 fully saturated rings. The van der Waals surface area contributed by atoms with Gasteiger partial charge in [-0.25, -0.2) is 4.79 Å². The van der Waals surface area contributed by atoms with E-state index in [0.29, 0.717) is 29.8 Å². The molecule has 1 unspecified atom stereocenters. The van der Waals surface area contributed by atoms with Crippen LogP contribution in [0.1, 0.15) is 59.4 Å². The van der Waals surface area contributed by atoms with Gasteiger partial charge in [-0.2, -0.15) is 0 Å².